The van der Waals surface area contributed by atoms with Gasteiger partial charge in [0.25, 0.3) is 0 Å². The van der Waals surface area contributed by atoms with Gasteiger partial charge in [-0.15, -0.1) is 0 Å². The minimum Gasteiger partial charge on any atom is -0.314 e. The van der Waals surface area contributed by atoms with Crippen LogP contribution in [-0.2, 0) is 0 Å². The van der Waals surface area contributed by atoms with Crippen LogP contribution in [0.25, 0.3) is 0 Å². The van der Waals surface area contributed by atoms with Gasteiger partial charge in [-0.3, -0.25) is 0 Å². The smallest absolute Gasteiger partial charge is 0.314 e. The molecule has 1 aromatic rings. The third-order valence-corrected chi connectivity index (χ3v) is 2.97. The molecule has 0 aromatic heterocycles. The Kier molecular flexibility index (Phi) is 5.22. The molecule has 1 rings (SSSR count). The highest BCUT2D eigenvalue weighted by Crippen LogP contribution is 2.13. The summed E-state index contributed by atoms with van der Waals surface area (Å²) in [6, 6.07) is 7.20. The molecule has 0 aliphatic carbocycles. The second-order valence-corrected chi connectivity index (χ2v) is 5.06. The molecule has 0 unspecified atom stereocenters. The fourth-order valence-corrected chi connectivity index (χ4v) is 1.31. The lowest BCUT2D eigenvalue weighted by Crippen LogP contribution is -2.24. The van der Waals surface area contributed by atoms with Crippen molar-refractivity contribution < 1.29 is 4.79 Å². The van der Waals surface area contributed by atoms with Crippen molar-refractivity contribution in [2.45, 2.75) is 20.8 Å². The van der Waals surface area contributed by atoms with Crippen LogP contribution in [0.1, 0.15) is 20.8 Å². The topological polar surface area (TPSA) is 41.1 Å². The molecule has 0 aliphatic heterocycles. The molecule has 0 saturated heterocycles. The van der Waals surface area contributed by atoms with E-state index in [1.165, 1.54) is 0 Å². The lowest BCUT2D eigenvalue weighted by Gasteiger charge is -2.07. The molecule has 0 atom stereocenters. The van der Waals surface area contributed by atoms with E-state index in [0.717, 1.165) is 15.7 Å². The maximum absolute atomic E-state index is 11.5. The second kappa shape index (κ2) is 6.45. The summed E-state index contributed by atoms with van der Waals surface area (Å²) in [7, 11) is 0. The van der Waals surface area contributed by atoms with Crippen molar-refractivity contribution in [1.82, 2.24) is 5.32 Å². The molecule has 0 heterocycles. The summed E-state index contributed by atoms with van der Waals surface area (Å²) < 4.78 is 0.985. The monoisotopic (exact) mass is 296 g/mol. The van der Waals surface area contributed by atoms with Gasteiger partial charge in [0.2, 0.25) is 0 Å². The first-order valence-electron chi connectivity index (χ1n) is 5.49. The molecule has 4 heteroatoms. The van der Waals surface area contributed by atoms with Crippen LogP contribution in [0.15, 0.2) is 40.5 Å². The van der Waals surface area contributed by atoms with E-state index in [9.17, 15) is 4.79 Å². The standard InChI is InChI=1S/C13H17BrN2O/c1-9(2)10(3)8-15-13(17)16-12-6-4-11(14)5-7-12/h4-9H,1-3H3,(H2,15,16,17)/b10-8+. The Hall–Kier alpha value is -1.29. The van der Waals surface area contributed by atoms with Crippen molar-refractivity contribution in [2.24, 2.45) is 5.92 Å². The number of rotatable bonds is 3. The fourth-order valence-electron chi connectivity index (χ4n) is 1.05. The molecular weight excluding hydrogens is 280 g/mol. The average Bonchev–Trinajstić information content (AvgIpc) is 2.29. The quantitative estimate of drug-likeness (QED) is 0.865. The Balaban J connectivity index is 2.50. The van der Waals surface area contributed by atoms with E-state index < -0.39 is 0 Å². The normalized spacial score (nSPS) is 11.5. The van der Waals surface area contributed by atoms with Gasteiger partial charge in [0.05, 0.1) is 0 Å². The molecular formula is C13H17BrN2O. The molecule has 0 fully saturated rings. The van der Waals surface area contributed by atoms with Gasteiger partial charge >= 0.3 is 6.03 Å². The molecule has 0 aliphatic rings. The number of nitrogens with one attached hydrogen (secondary N) is 2. The molecule has 0 spiro atoms. The Bertz CT molecular complexity index is 410. The van der Waals surface area contributed by atoms with E-state index in [-0.39, 0.29) is 6.03 Å². The molecule has 0 bridgehead atoms. The summed E-state index contributed by atoms with van der Waals surface area (Å²) in [5.74, 6) is 0.433. The Morgan fingerprint density at radius 2 is 1.88 bits per heavy atom. The van der Waals surface area contributed by atoms with Crippen LogP contribution in [0.5, 0.6) is 0 Å². The summed E-state index contributed by atoms with van der Waals surface area (Å²) >= 11 is 3.34. The van der Waals surface area contributed by atoms with Gasteiger partial charge < -0.3 is 10.6 Å². The zero-order chi connectivity index (χ0) is 12.8. The Labute approximate surface area is 110 Å². The summed E-state index contributed by atoms with van der Waals surface area (Å²) in [6.45, 7) is 6.16. The Morgan fingerprint density at radius 3 is 2.41 bits per heavy atom. The summed E-state index contributed by atoms with van der Waals surface area (Å²) in [5.41, 5.74) is 1.90. The number of amides is 2. The van der Waals surface area contributed by atoms with Crippen LogP contribution in [0, 0.1) is 5.92 Å². The van der Waals surface area contributed by atoms with Gasteiger partial charge in [0, 0.05) is 16.4 Å². The van der Waals surface area contributed by atoms with Crippen molar-refractivity contribution in [3.05, 3.63) is 40.5 Å². The maximum Gasteiger partial charge on any atom is 0.323 e. The van der Waals surface area contributed by atoms with Crippen LogP contribution in [-0.4, -0.2) is 6.03 Å². The molecule has 3 nitrogen and oxygen atoms in total. The molecule has 0 radical (unpaired) electrons. The summed E-state index contributed by atoms with van der Waals surface area (Å²) in [4.78, 5) is 11.5. The molecule has 2 amide bonds. The highest BCUT2D eigenvalue weighted by molar-refractivity contribution is 9.10. The fraction of sp³-hybridized carbons (Fsp3) is 0.308. The SMILES string of the molecule is C/C(=C\NC(=O)Nc1ccc(Br)cc1)C(C)C. The van der Waals surface area contributed by atoms with Crippen molar-refractivity contribution in [2.75, 3.05) is 5.32 Å². The largest absolute Gasteiger partial charge is 0.323 e. The zero-order valence-corrected chi connectivity index (χ0v) is 11.8. The predicted octanol–water partition coefficient (Wildman–Crippen LogP) is 4.13. The number of anilines is 1. The first kappa shape index (κ1) is 13.8. The van der Waals surface area contributed by atoms with E-state index in [1.54, 1.807) is 6.20 Å². The van der Waals surface area contributed by atoms with Crippen LogP contribution < -0.4 is 10.6 Å². The number of urea groups is 1. The van der Waals surface area contributed by atoms with E-state index in [4.69, 9.17) is 0 Å². The minimum absolute atomic E-state index is 0.229. The third-order valence-electron chi connectivity index (χ3n) is 2.44. The number of carbonyl (C=O) groups is 1. The first-order chi connectivity index (χ1) is 7.99. The number of allylic oxidation sites excluding steroid dienone is 1. The number of hydrogen-bond acceptors (Lipinski definition) is 1. The first-order valence-corrected chi connectivity index (χ1v) is 6.28. The summed E-state index contributed by atoms with van der Waals surface area (Å²) in [5, 5.41) is 5.45. The van der Waals surface area contributed by atoms with Gasteiger partial charge in [0.1, 0.15) is 0 Å². The van der Waals surface area contributed by atoms with Gasteiger partial charge in [-0.1, -0.05) is 35.4 Å². The molecule has 92 valence electrons. The average molecular weight is 297 g/mol. The van der Waals surface area contributed by atoms with Gasteiger partial charge in [0.15, 0.2) is 0 Å². The number of benzene rings is 1. The summed E-state index contributed by atoms with van der Waals surface area (Å²) in [6.07, 6.45) is 1.73. The van der Waals surface area contributed by atoms with E-state index >= 15 is 0 Å². The molecule has 0 saturated carbocycles. The van der Waals surface area contributed by atoms with Crippen molar-refractivity contribution in [3.63, 3.8) is 0 Å². The van der Waals surface area contributed by atoms with Crippen LogP contribution in [0.3, 0.4) is 0 Å². The highest BCUT2D eigenvalue weighted by Gasteiger charge is 2.00. The molecule has 1 aromatic carbocycles. The van der Waals surface area contributed by atoms with Gasteiger partial charge in [-0.05, 0) is 37.1 Å². The third kappa shape index (κ3) is 5.04. The highest BCUT2D eigenvalue weighted by atomic mass is 79.9. The number of hydrogen-bond donors (Lipinski definition) is 2. The maximum atomic E-state index is 11.5. The van der Waals surface area contributed by atoms with Gasteiger partial charge in [-0.2, -0.15) is 0 Å². The lowest BCUT2D eigenvalue weighted by atomic mass is 10.1. The molecule has 17 heavy (non-hydrogen) atoms. The van der Waals surface area contributed by atoms with E-state index in [2.05, 4.69) is 40.4 Å². The lowest BCUT2D eigenvalue weighted by molar-refractivity contribution is 0.255. The Morgan fingerprint density at radius 1 is 1.29 bits per heavy atom. The van der Waals surface area contributed by atoms with Crippen LogP contribution >= 0.6 is 15.9 Å². The second-order valence-electron chi connectivity index (χ2n) is 4.15. The number of carbonyl (C=O) groups excluding carboxylic acids is 1. The minimum atomic E-state index is -0.229. The number of halogens is 1. The van der Waals surface area contributed by atoms with Gasteiger partial charge in [-0.25, -0.2) is 4.79 Å². The van der Waals surface area contributed by atoms with Crippen molar-refractivity contribution in [1.29, 1.82) is 0 Å². The van der Waals surface area contributed by atoms with Crippen molar-refractivity contribution in [3.8, 4) is 0 Å². The van der Waals surface area contributed by atoms with E-state index in [0.29, 0.717) is 5.92 Å². The van der Waals surface area contributed by atoms with Crippen molar-refractivity contribution >= 4 is 27.6 Å². The van der Waals surface area contributed by atoms with Crippen LogP contribution in [0.2, 0.25) is 0 Å². The van der Waals surface area contributed by atoms with Crippen LogP contribution in [0.4, 0.5) is 10.5 Å². The molecule has 2 N–H and O–H groups in total. The predicted molar refractivity (Wildman–Crippen MR) is 74.9 cm³/mol. The zero-order valence-electron chi connectivity index (χ0n) is 10.3. The van der Waals surface area contributed by atoms with E-state index in [1.807, 2.05) is 31.2 Å².